The van der Waals surface area contributed by atoms with Crippen LogP contribution in [0.2, 0.25) is 5.02 Å². The van der Waals surface area contributed by atoms with Crippen LogP contribution in [0.25, 0.3) is 0 Å². The fraction of sp³-hybridized carbons (Fsp3) is 0.111. The first-order valence-corrected chi connectivity index (χ1v) is 4.72. The number of nitrogens with one attached hydrogen (secondary N) is 1. The van der Waals surface area contributed by atoms with Crippen molar-refractivity contribution in [3.05, 3.63) is 28.4 Å². The minimum atomic E-state index is 0.367. The van der Waals surface area contributed by atoms with E-state index in [1.165, 1.54) is 6.21 Å². The lowest BCUT2D eigenvalue weighted by molar-refractivity contribution is -0.354. The van der Waals surface area contributed by atoms with Crippen LogP contribution in [0.3, 0.4) is 0 Å². The minimum absolute atomic E-state index is 0.367. The summed E-state index contributed by atoms with van der Waals surface area (Å²) in [5.41, 5.74) is 3.42. The van der Waals surface area contributed by atoms with E-state index in [4.69, 9.17) is 17.4 Å². The number of benzene rings is 1. The summed E-state index contributed by atoms with van der Waals surface area (Å²) in [6.45, 7) is 0. The topological polar surface area (TPSA) is 76.5 Å². The van der Waals surface area contributed by atoms with Gasteiger partial charge in [0, 0.05) is 11.1 Å². The second-order valence-corrected chi connectivity index (χ2v) is 3.48. The van der Waals surface area contributed by atoms with Crippen molar-refractivity contribution in [1.29, 1.82) is 0 Å². The number of nitrogens with zero attached hydrogens (tertiary/aromatic N) is 2. The van der Waals surface area contributed by atoms with E-state index in [9.17, 15) is 5.21 Å². The van der Waals surface area contributed by atoms with E-state index in [0.717, 1.165) is 4.74 Å². The monoisotopic (exact) mass is 224 g/mol. The predicted molar refractivity (Wildman–Crippen MR) is 59.8 cm³/mol. The standard InChI is InChI=1S/C9H9ClN4O/c10-6-1-2-7-8(5-6)14(15)4-3-9(12-7)13-11/h1-2,4-5H,3,11H2,(H,12,13). The molecule has 1 heterocycles. The number of hydrogen-bond donors (Lipinski definition) is 2. The molecule has 78 valence electrons. The molecular formula is C9H9ClN4O. The maximum Gasteiger partial charge on any atom is 0.243 e. The molecule has 0 unspecified atom stereocenters. The summed E-state index contributed by atoms with van der Waals surface area (Å²) in [7, 11) is 0. The maximum atomic E-state index is 11.6. The van der Waals surface area contributed by atoms with E-state index in [1.807, 2.05) is 0 Å². The molecule has 0 radical (unpaired) electrons. The van der Waals surface area contributed by atoms with Gasteiger partial charge in [0.25, 0.3) is 0 Å². The van der Waals surface area contributed by atoms with Crippen LogP contribution in [0, 0.1) is 5.21 Å². The lowest BCUT2D eigenvalue weighted by atomic mass is 10.3. The smallest absolute Gasteiger partial charge is 0.243 e. The number of hydrazine groups is 1. The van der Waals surface area contributed by atoms with Gasteiger partial charge in [-0.1, -0.05) is 11.6 Å². The molecule has 5 nitrogen and oxygen atoms in total. The van der Waals surface area contributed by atoms with Crippen LogP contribution in [-0.2, 0) is 0 Å². The van der Waals surface area contributed by atoms with Gasteiger partial charge in [0.2, 0.25) is 5.69 Å². The summed E-state index contributed by atoms with van der Waals surface area (Å²) in [5, 5.41) is 12.1. The number of nitrogens with two attached hydrogens (primary N) is 1. The van der Waals surface area contributed by atoms with Crippen LogP contribution < -0.4 is 11.3 Å². The van der Waals surface area contributed by atoms with E-state index in [2.05, 4.69) is 10.4 Å². The number of fused-ring (bicyclic) bond motifs is 1. The van der Waals surface area contributed by atoms with Crippen molar-refractivity contribution in [1.82, 2.24) is 5.43 Å². The van der Waals surface area contributed by atoms with Crippen molar-refractivity contribution in [2.75, 3.05) is 0 Å². The third-order valence-electron chi connectivity index (χ3n) is 2.05. The zero-order valence-electron chi connectivity index (χ0n) is 7.77. The first-order valence-electron chi connectivity index (χ1n) is 4.34. The average Bonchev–Trinajstić information content (AvgIpc) is 2.39. The number of hydrogen-bond acceptors (Lipinski definition) is 4. The summed E-state index contributed by atoms with van der Waals surface area (Å²) in [6.07, 6.45) is 1.81. The molecule has 3 N–H and O–H groups in total. The summed E-state index contributed by atoms with van der Waals surface area (Å²) >= 11 is 5.80. The number of rotatable bonds is 0. The van der Waals surface area contributed by atoms with E-state index in [1.54, 1.807) is 18.2 Å². The first kappa shape index (κ1) is 9.95. The van der Waals surface area contributed by atoms with Crippen molar-refractivity contribution in [2.24, 2.45) is 10.8 Å². The largest absolute Gasteiger partial charge is 0.618 e. The Morgan fingerprint density at radius 1 is 1.53 bits per heavy atom. The van der Waals surface area contributed by atoms with Gasteiger partial charge < -0.3 is 10.6 Å². The average molecular weight is 225 g/mol. The SMILES string of the molecule is NNC1=Nc2ccc(Cl)cc2[N+]([O-])=CC1. The maximum absolute atomic E-state index is 11.6. The van der Waals surface area contributed by atoms with E-state index in [0.29, 0.717) is 28.7 Å². The highest BCUT2D eigenvalue weighted by atomic mass is 35.5. The number of aliphatic imine (C=N–C) groups is 1. The lowest BCUT2D eigenvalue weighted by Gasteiger charge is -2.03. The highest BCUT2D eigenvalue weighted by Crippen LogP contribution is 2.31. The third-order valence-corrected chi connectivity index (χ3v) is 2.28. The quantitative estimate of drug-likeness (QED) is 0.303. The molecular weight excluding hydrogens is 216 g/mol. The van der Waals surface area contributed by atoms with E-state index < -0.39 is 0 Å². The van der Waals surface area contributed by atoms with Crippen LogP contribution in [0.4, 0.5) is 11.4 Å². The summed E-state index contributed by atoms with van der Waals surface area (Å²) in [5.74, 6) is 5.80. The van der Waals surface area contributed by atoms with Gasteiger partial charge in [-0.2, -0.15) is 4.74 Å². The summed E-state index contributed by atoms with van der Waals surface area (Å²) in [4.78, 5) is 4.20. The van der Waals surface area contributed by atoms with Crippen molar-refractivity contribution >= 4 is 35.0 Å². The van der Waals surface area contributed by atoms with Gasteiger partial charge in [0.15, 0.2) is 6.21 Å². The molecule has 0 fully saturated rings. The molecule has 6 heteroatoms. The summed E-state index contributed by atoms with van der Waals surface area (Å²) in [6, 6.07) is 4.93. The molecule has 0 aliphatic carbocycles. The fourth-order valence-electron chi connectivity index (χ4n) is 1.32. The zero-order valence-corrected chi connectivity index (χ0v) is 8.53. The highest BCUT2D eigenvalue weighted by Gasteiger charge is 2.15. The van der Waals surface area contributed by atoms with Gasteiger partial charge >= 0.3 is 0 Å². The normalized spacial score (nSPS) is 14.8. The van der Waals surface area contributed by atoms with Gasteiger partial charge in [-0.3, -0.25) is 0 Å². The molecule has 0 saturated heterocycles. The van der Waals surface area contributed by atoms with Crippen LogP contribution >= 0.6 is 11.6 Å². The lowest BCUT2D eigenvalue weighted by Crippen LogP contribution is -2.30. The van der Waals surface area contributed by atoms with Crippen molar-refractivity contribution in [2.45, 2.75) is 6.42 Å². The van der Waals surface area contributed by atoms with Gasteiger partial charge in [0.05, 0.1) is 6.42 Å². The van der Waals surface area contributed by atoms with Crippen LogP contribution in [0.5, 0.6) is 0 Å². The van der Waals surface area contributed by atoms with Gasteiger partial charge in [0.1, 0.15) is 11.5 Å². The molecule has 15 heavy (non-hydrogen) atoms. The fourth-order valence-corrected chi connectivity index (χ4v) is 1.48. The third kappa shape index (κ3) is 1.93. The Morgan fingerprint density at radius 3 is 3.07 bits per heavy atom. The number of halogens is 1. The molecule has 1 aliphatic rings. The molecule has 0 aromatic heterocycles. The van der Waals surface area contributed by atoms with E-state index >= 15 is 0 Å². The minimum Gasteiger partial charge on any atom is -0.618 e. The second kappa shape index (κ2) is 3.88. The van der Waals surface area contributed by atoms with E-state index in [-0.39, 0.29) is 0 Å². The second-order valence-electron chi connectivity index (χ2n) is 3.05. The van der Waals surface area contributed by atoms with Crippen molar-refractivity contribution in [3.8, 4) is 0 Å². The first-order chi connectivity index (χ1) is 7.20. The molecule has 1 aromatic carbocycles. The Kier molecular flexibility index (Phi) is 2.57. The predicted octanol–water partition coefficient (Wildman–Crippen LogP) is 1.45. The summed E-state index contributed by atoms with van der Waals surface area (Å²) < 4.78 is 0.745. The Bertz CT molecular complexity index is 455. The molecule has 0 bridgehead atoms. The molecule has 0 spiro atoms. The molecule has 1 aromatic rings. The molecule has 0 atom stereocenters. The van der Waals surface area contributed by atoms with Crippen LogP contribution in [-0.4, -0.2) is 16.8 Å². The Morgan fingerprint density at radius 2 is 2.33 bits per heavy atom. The molecule has 1 aliphatic heterocycles. The molecule has 0 saturated carbocycles. The molecule has 2 rings (SSSR count). The van der Waals surface area contributed by atoms with Crippen LogP contribution in [0.1, 0.15) is 6.42 Å². The van der Waals surface area contributed by atoms with Gasteiger partial charge in [-0.25, -0.2) is 10.8 Å². The zero-order chi connectivity index (χ0) is 10.8. The number of amidine groups is 1. The van der Waals surface area contributed by atoms with Crippen molar-refractivity contribution < 1.29 is 4.74 Å². The van der Waals surface area contributed by atoms with Gasteiger partial charge in [-0.05, 0) is 12.1 Å². The molecule has 0 amide bonds. The Labute approximate surface area is 91.4 Å². The Balaban J connectivity index is 2.58. The highest BCUT2D eigenvalue weighted by molar-refractivity contribution is 6.31. The van der Waals surface area contributed by atoms with Crippen LogP contribution in [0.15, 0.2) is 23.2 Å². The Hall–Kier alpha value is -1.59. The van der Waals surface area contributed by atoms with Gasteiger partial charge in [-0.15, -0.1) is 0 Å². The van der Waals surface area contributed by atoms with Crippen molar-refractivity contribution in [3.63, 3.8) is 0 Å².